The van der Waals surface area contributed by atoms with E-state index >= 15 is 0 Å². The summed E-state index contributed by atoms with van der Waals surface area (Å²) < 4.78 is 17.8. The van der Waals surface area contributed by atoms with Gasteiger partial charge in [0.05, 0.1) is 17.7 Å². The van der Waals surface area contributed by atoms with E-state index < -0.39 is 11.9 Å². The van der Waals surface area contributed by atoms with Gasteiger partial charge in [-0.25, -0.2) is 4.39 Å². The minimum absolute atomic E-state index is 0.0536. The van der Waals surface area contributed by atoms with E-state index in [1.54, 1.807) is 19.2 Å². The summed E-state index contributed by atoms with van der Waals surface area (Å²) in [7, 11) is 1.56. The third-order valence-electron chi connectivity index (χ3n) is 2.73. The number of ether oxygens (including phenoxy) is 1. The fourth-order valence-corrected chi connectivity index (χ4v) is 1.83. The van der Waals surface area contributed by atoms with E-state index in [0.29, 0.717) is 19.6 Å². The van der Waals surface area contributed by atoms with E-state index in [9.17, 15) is 9.50 Å². The van der Waals surface area contributed by atoms with Crippen molar-refractivity contribution in [3.05, 3.63) is 34.6 Å². The number of halogens is 2. The molecule has 102 valence electrons. The maximum Gasteiger partial charge on any atom is 0.141 e. The SMILES string of the molecule is COCC(O)CCNC(C)c1ccc(F)c(Cl)c1. The third kappa shape index (κ3) is 4.90. The van der Waals surface area contributed by atoms with E-state index in [-0.39, 0.29) is 11.1 Å². The van der Waals surface area contributed by atoms with Crippen molar-refractivity contribution in [2.45, 2.75) is 25.5 Å². The Morgan fingerprint density at radius 3 is 2.83 bits per heavy atom. The van der Waals surface area contributed by atoms with Gasteiger partial charge in [-0.2, -0.15) is 0 Å². The predicted octanol–water partition coefficient (Wildman–Crippen LogP) is 2.53. The Balaban J connectivity index is 2.40. The first-order chi connectivity index (χ1) is 8.54. The predicted molar refractivity (Wildman–Crippen MR) is 70.3 cm³/mol. The van der Waals surface area contributed by atoms with Crippen LogP contribution in [0.5, 0.6) is 0 Å². The molecule has 0 bridgehead atoms. The van der Waals surface area contributed by atoms with Crippen LogP contribution in [-0.4, -0.2) is 31.5 Å². The second-order valence-corrected chi connectivity index (χ2v) is 4.65. The lowest BCUT2D eigenvalue weighted by Crippen LogP contribution is -2.25. The van der Waals surface area contributed by atoms with Crippen molar-refractivity contribution in [1.29, 1.82) is 0 Å². The van der Waals surface area contributed by atoms with Gasteiger partial charge in [0.1, 0.15) is 5.82 Å². The van der Waals surface area contributed by atoms with Crippen molar-refractivity contribution < 1.29 is 14.2 Å². The number of hydrogen-bond donors (Lipinski definition) is 2. The van der Waals surface area contributed by atoms with E-state index in [1.165, 1.54) is 6.07 Å². The number of nitrogens with one attached hydrogen (secondary N) is 1. The van der Waals surface area contributed by atoms with Gasteiger partial charge in [-0.15, -0.1) is 0 Å². The topological polar surface area (TPSA) is 41.5 Å². The maximum atomic E-state index is 13.0. The zero-order valence-corrected chi connectivity index (χ0v) is 11.4. The number of aliphatic hydroxyl groups is 1. The molecule has 1 aromatic rings. The van der Waals surface area contributed by atoms with E-state index in [2.05, 4.69) is 5.32 Å². The lowest BCUT2D eigenvalue weighted by atomic mass is 10.1. The summed E-state index contributed by atoms with van der Waals surface area (Å²) in [4.78, 5) is 0. The molecule has 0 radical (unpaired) electrons. The molecule has 3 nitrogen and oxygen atoms in total. The molecule has 5 heteroatoms. The standard InChI is InChI=1S/C13H19ClFNO2/c1-9(16-6-5-11(17)8-18-2)10-3-4-13(15)12(14)7-10/h3-4,7,9,11,16-17H,5-6,8H2,1-2H3. The monoisotopic (exact) mass is 275 g/mol. The van der Waals surface area contributed by atoms with Gasteiger partial charge in [0.2, 0.25) is 0 Å². The molecule has 0 saturated carbocycles. The molecule has 2 N–H and O–H groups in total. The zero-order valence-electron chi connectivity index (χ0n) is 10.6. The summed E-state index contributed by atoms with van der Waals surface area (Å²) in [6.07, 6.45) is 0.138. The fourth-order valence-electron chi connectivity index (χ4n) is 1.64. The van der Waals surface area contributed by atoms with Gasteiger partial charge in [0, 0.05) is 13.2 Å². The lowest BCUT2D eigenvalue weighted by Gasteiger charge is -2.16. The Morgan fingerprint density at radius 1 is 1.50 bits per heavy atom. The molecule has 2 atom stereocenters. The Morgan fingerprint density at radius 2 is 2.22 bits per heavy atom. The van der Waals surface area contributed by atoms with Crippen LogP contribution in [0.4, 0.5) is 4.39 Å². The van der Waals surface area contributed by atoms with Gasteiger partial charge >= 0.3 is 0 Å². The first-order valence-corrected chi connectivity index (χ1v) is 6.27. The number of methoxy groups -OCH3 is 1. The Hall–Kier alpha value is -0.680. The highest BCUT2D eigenvalue weighted by Crippen LogP contribution is 2.20. The first-order valence-electron chi connectivity index (χ1n) is 5.90. The van der Waals surface area contributed by atoms with Gasteiger partial charge < -0.3 is 15.2 Å². The molecular weight excluding hydrogens is 257 g/mol. The highest BCUT2D eigenvalue weighted by molar-refractivity contribution is 6.30. The average molecular weight is 276 g/mol. The second kappa shape index (κ2) is 7.69. The van der Waals surface area contributed by atoms with E-state index in [0.717, 1.165) is 5.56 Å². The van der Waals surface area contributed by atoms with Crippen molar-refractivity contribution in [3.63, 3.8) is 0 Å². The van der Waals surface area contributed by atoms with Crippen molar-refractivity contribution in [2.24, 2.45) is 0 Å². The molecule has 0 heterocycles. The molecule has 0 aliphatic rings. The summed E-state index contributed by atoms with van der Waals surface area (Å²) >= 11 is 5.72. The van der Waals surface area contributed by atoms with Crippen LogP contribution in [0.3, 0.4) is 0 Å². The zero-order chi connectivity index (χ0) is 13.5. The van der Waals surface area contributed by atoms with Gasteiger partial charge in [-0.3, -0.25) is 0 Å². The van der Waals surface area contributed by atoms with Crippen LogP contribution in [0.1, 0.15) is 24.9 Å². The molecule has 0 aromatic heterocycles. The number of rotatable bonds is 7. The maximum absolute atomic E-state index is 13.0. The van der Waals surface area contributed by atoms with Crippen molar-refractivity contribution in [2.75, 3.05) is 20.3 Å². The number of aliphatic hydroxyl groups excluding tert-OH is 1. The van der Waals surface area contributed by atoms with Gasteiger partial charge in [-0.05, 0) is 37.6 Å². The highest BCUT2D eigenvalue weighted by Gasteiger charge is 2.09. The minimum atomic E-state index is -0.466. The first kappa shape index (κ1) is 15.4. The molecule has 0 aliphatic heterocycles. The third-order valence-corrected chi connectivity index (χ3v) is 3.02. The van der Waals surface area contributed by atoms with Crippen molar-refractivity contribution in [1.82, 2.24) is 5.32 Å². The lowest BCUT2D eigenvalue weighted by molar-refractivity contribution is 0.0590. The molecule has 0 amide bonds. The van der Waals surface area contributed by atoms with E-state index in [1.807, 2.05) is 6.92 Å². The molecule has 18 heavy (non-hydrogen) atoms. The van der Waals surface area contributed by atoms with Gasteiger partial charge in [0.15, 0.2) is 0 Å². The summed E-state index contributed by atoms with van der Waals surface area (Å²) in [6.45, 7) is 2.95. The molecule has 2 unspecified atom stereocenters. The molecule has 1 rings (SSSR count). The molecule has 0 aliphatic carbocycles. The van der Waals surface area contributed by atoms with Crippen LogP contribution in [0.2, 0.25) is 5.02 Å². The summed E-state index contributed by atoms with van der Waals surface area (Å²) in [5.41, 5.74) is 0.919. The Labute approximate surface area is 112 Å². The molecular formula is C13H19ClFNO2. The summed E-state index contributed by atoms with van der Waals surface area (Å²) in [5.74, 6) is -0.414. The normalized spacial score (nSPS) is 14.5. The van der Waals surface area contributed by atoms with Crippen LogP contribution in [0, 0.1) is 5.82 Å². The van der Waals surface area contributed by atoms with Crippen LogP contribution in [0.15, 0.2) is 18.2 Å². The Bertz CT molecular complexity index is 376. The van der Waals surface area contributed by atoms with Gasteiger partial charge in [0.25, 0.3) is 0 Å². The van der Waals surface area contributed by atoms with Crippen LogP contribution < -0.4 is 5.32 Å². The molecule has 0 spiro atoms. The minimum Gasteiger partial charge on any atom is -0.391 e. The van der Waals surface area contributed by atoms with Crippen LogP contribution in [0.25, 0.3) is 0 Å². The molecule has 1 aromatic carbocycles. The van der Waals surface area contributed by atoms with Gasteiger partial charge in [-0.1, -0.05) is 17.7 Å². The smallest absolute Gasteiger partial charge is 0.141 e. The van der Waals surface area contributed by atoms with Crippen LogP contribution >= 0.6 is 11.6 Å². The Kier molecular flexibility index (Phi) is 6.57. The highest BCUT2D eigenvalue weighted by atomic mass is 35.5. The van der Waals surface area contributed by atoms with Crippen molar-refractivity contribution >= 4 is 11.6 Å². The molecule has 0 saturated heterocycles. The number of hydrogen-bond acceptors (Lipinski definition) is 3. The quantitative estimate of drug-likeness (QED) is 0.803. The molecule has 0 fully saturated rings. The fraction of sp³-hybridized carbons (Fsp3) is 0.538. The summed E-state index contributed by atoms with van der Waals surface area (Å²) in [6, 6.07) is 4.72. The van der Waals surface area contributed by atoms with Crippen LogP contribution in [-0.2, 0) is 4.74 Å². The van der Waals surface area contributed by atoms with E-state index in [4.69, 9.17) is 16.3 Å². The summed E-state index contributed by atoms with van der Waals surface area (Å²) in [5, 5.41) is 12.8. The largest absolute Gasteiger partial charge is 0.391 e. The average Bonchev–Trinajstić information content (AvgIpc) is 2.33. The van der Waals surface area contributed by atoms with Crippen molar-refractivity contribution in [3.8, 4) is 0 Å². The second-order valence-electron chi connectivity index (χ2n) is 4.25. The number of benzene rings is 1.